The number of likely N-dealkylation sites (tertiary alicyclic amines) is 1. The first-order chi connectivity index (χ1) is 11.0. The van der Waals surface area contributed by atoms with Crippen molar-refractivity contribution in [3.63, 3.8) is 0 Å². The molecule has 0 aliphatic carbocycles. The second-order valence-corrected chi connectivity index (χ2v) is 5.66. The number of halogens is 4. The lowest BCUT2D eigenvalue weighted by molar-refractivity contribution is -0.385. The number of alkyl halides is 3. The minimum absolute atomic E-state index is 0.0174. The Morgan fingerprint density at radius 3 is 2.42 bits per heavy atom. The number of aliphatic carboxylic acids is 1. The normalized spacial score (nSPS) is 20.9. The van der Waals surface area contributed by atoms with Crippen molar-refractivity contribution in [2.24, 2.45) is 11.8 Å². The molecule has 0 spiro atoms. The summed E-state index contributed by atoms with van der Waals surface area (Å²) in [7, 11) is 0. The number of amides is 1. The third-order valence-corrected chi connectivity index (χ3v) is 3.97. The molecule has 1 saturated heterocycles. The van der Waals surface area contributed by atoms with Crippen LogP contribution in [-0.2, 0) is 4.79 Å². The van der Waals surface area contributed by atoms with E-state index in [1.54, 1.807) is 0 Å². The third-order valence-electron chi connectivity index (χ3n) is 3.73. The molecule has 0 radical (unpaired) electrons. The summed E-state index contributed by atoms with van der Waals surface area (Å²) in [5.41, 5.74) is -1.11. The zero-order valence-electron chi connectivity index (χ0n) is 11.8. The fourth-order valence-corrected chi connectivity index (χ4v) is 2.72. The van der Waals surface area contributed by atoms with E-state index in [4.69, 9.17) is 16.7 Å². The fourth-order valence-electron chi connectivity index (χ4n) is 2.56. The topological polar surface area (TPSA) is 101 Å². The van der Waals surface area contributed by atoms with E-state index in [0.29, 0.717) is 4.90 Å². The van der Waals surface area contributed by atoms with Crippen LogP contribution in [0.25, 0.3) is 0 Å². The maximum Gasteiger partial charge on any atom is 0.394 e. The first-order valence-corrected chi connectivity index (χ1v) is 6.93. The molecule has 130 valence electrons. The Morgan fingerprint density at radius 2 is 1.96 bits per heavy atom. The highest BCUT2D eigenvalue weighted by Gasteiger charge is 2.53. The molecule has 1 aromatic carbocycles. The largest absolute Gasteiger partial charge is 0.481 e. The maximum absolute atomic E-state index is 12.9. The SMILES string of the molecule is O=C(O)[C@@H]1CN(C(=O)c2ccc(Cl)cc2[N+](=O)[O-])C[C@H]1C(F)(F)F. The van der Waals surface area contributed by atoms with Gasteiger partial charge in [-0.05, 0) is 12.1 Å². The summed E-state index contributed by atoms with van der Waals surface area (Å²) >= 11 is 5.62. The minimum Gasteiger partial charge on any atom is -0.481 e. The third kappa shape index (κ3) is 3.42. The first kappa shape index (κ1) is 18.0. The van der Waals surface area contributed by atoms with Gasteiger partial charge in [0, 0.05) is 24.2 Å². The van der Waals surface area contributed by atoms with Gasteiger partial charge in [0.15, 0.2) is 0 Å². The van der Waals surface area contributed by atoms with Gasteiger partial charge in [-0.1, -0.05) is 11.6 Å². The van der Waals surface area contributed by atoms with E-state index in [2.05, 4.69) is 0 Å². The van der Waals surface area contributed by atoms with Gasteiger partial charge in [0.1, 0.15) is 5.56 Å². The summed E-state index contributed by atoms with van der Waals surface area (Å²) in [6, 6.07) is 3.12. The highest BCUT2D eigenvalue weighted by atomic mass is 35.5. The number of benzene rings is 1. The molecule has 1 aromatic rings. The molecule has 1 aliphatic rings. The summed E-state index contributed by atoms with van der Waals surface area (Å²) < 4.78 is 38.8. The number of carboxylic acids is 1. The van der Waals surface area contributed by atoms with Gasteiger partial charge >= 0.3 is 12.1 Å². The molecule has 0 saturated carbocycles. The van der Waals surface area contributed by atoms with Crippen molar-refractivity contribution in [2.75, 3.05) is 13.1 Å². The Labute approximate surface area is 137 Å². The Bertz CT molecular complexity index is 709. The monoisotopic (exact) mass is 366 g/mol. The molecule has 1 heterocycles. The summed E-state index contributed by atoms with van der Waals surface area (Å²) in [5, 5.41) is 19.9. The zero-order chi connectivity index (χ0) is 18.2. The van der Waals surface area contributed by atoms with E-state index in [-0.39, 0.29) is 5.02 Å². The Morgan fingerprint density at radius 1 is 1.33 bits per heavy atom. The Balaban J connectivity index is 2.35. The van der Waals surface area contributed by atoms with Crippen LogP contribution in [0.15, 0.2) is 18.2 Å². The predicted octanol–water partition coefficient (Wildman–Crippen LogP) is 2.58. The lowest BCUT2D eigenvalue weighted by atomic mass is 9.96. The molecule has 1 N–H and O–H groups in total. The summed E-state index contributed by atoms with van der Waals surface area (Å²) in [6.07, 6.45) is -4.80. The molecular weight excluding hydrogens is 357 g/mol. The average molecular weight is 367 g/mol. The standard InChI is InChI=1S/C13H10ClF3N2O5/c14-6-1-2-7(10(3-6)19(23)24)11(20)18-4-8(12(21)22)9(5-18)13(15,16)17/h1-3,8-9H,4-5H2,(H,21,22)/t8-,9-/m1/s1. The molecule has 1 fully saturated rings. The molecule has 7 nitrogen and oxygen atoms in total. The number of carbonyl (C=O) groups excluding carboxylic acids is 1. The summed E-state index contributed by atoms with van der Waals surface area (Å²) in [4.78, 5) is 34.1. The van der Waals surface area contributed by atoms with E-state index < -0.39 is 59.2 Å². The molecule has 1 amide bonds. The molecule has 11 heteroatoms. The molecule has 24 heavy (non-hydrogen) atoms. The van der Waals surface area contributed by atoms with Gasteiger partial charge in [-0.3, -0.25) is 19.7 Å². The quantitative estimate of drug-likeness (QED) is 0.654. The van der Waals surface area contributed by atoms with Crippen molar-refractivity contribution in [3.8, 4) is 0 Å². The minimum atomic E-state index is -4.80. The van der Waals surface area contributed by atoms with Gasteiger partial charge in [-0.15, -0.1) is 0 Å². The number of carbonyl (C=O) groups is 2. The van der Waals surface area contributed by atoms with E-state index >= 15 is 0 Å². The van der Waals surface area contributed by atoms with Crippen LogP contribution in [0.5, 0.6) is 0 Å². The van der Waals surface area contributed by atoms with Gasteiger partial charge < -0.3 is 10.0 Å². The molecule has 0 bridgehead atoms. The van der Waals surface area contributed by atoms with Crippen LogP contribution >= 0.6 is 11.6 Å². The van der Waals surface area contributed by atoms with Gasteiger partial charge in [0.05, 0.1) is 16.8 Å². The number of carboxylic acid groups (broad SMARTS) is 1. The first-order valence-electron chi connectivity index (χ1n) is 6.55. The number of nitro groups is 1. The van der Waals surface area contributed by atoms with Crippen molar-refractivity contribution in [1.82, 2.24) is 4.90 Å². The summed E-state index contributed by atoms with van der Waals surface area (Å²) in [6.45, 7) is -1.56. The molecule has 2 atom stereocenters. The van der Waals surface area contributed by atoms with E-state index in [1.165, 1.54) is 6.07 Å². The molecule has 2 rings (SSSR count). The molecular formula is C13H10ClF3N2O5. The van der Waals surface area contributed by atoms with Gasteiger partial charge in [0.25, 0.3) is 11.6 Å². The fraction of sp³-hybridized carbons (Fsp3) is 0.385. The van der Waals surface area contributed by atoms with Crippen molar-refractivity contribution < 1.29 is 32.8 Å². The lowest BCUT2D eigenvalue weighted by Crippen LogP contribution is -2.34. The van der Waals surface area contributed by atoms with Crippen LogP contribution in [0.3, 0.4) is 0 Å². The van der Waals surface area contributed by atoms with Crippen LogP contribution in [0, 0.1) is 22.0 Å². The smallest absolute Gasteiger partial charge is 0.394 e. The predicted molar refractivity (Wildman–Crippen MR) is 74.7 cm³/mol. The highest BCUT2D eigenvalue weighted by molar-refractivity contribution is 6.31. The van der Waals surface area contributed by atoms with Crippen LogP contribution in [0.1, 0.15) is 10.4 Å². The van der Waals surface area contributed by atoms with Crippen LogP contribution in [0.2, 0.25) is 5.02 Å². The van der Waals surface area contributed by atoms with Crippen molar-refractivity contribution in [2.45, 2.75) is 6.18 Å². The van der Waals surface area contributed by atoms with Gasteiger partial charge in [-0.2, -0.15) is 13.2 Å². The molecule has 0 aromatic heterocycles. The second-order valence-electron chi connectivity index (χ2n) is 5.22. The van der Waals surface area contributed by atoms with E-state index in [0.717, 1.165) is 12.1 Å². The average Bonchev–Trinajstić information content (AvgIpc) is 2.91. The number of rotatable bonds is 3. The Hall–Kier alpha value is -2.36. The van der Waals surface area contributed by atoms with Gasteiger partial charge in [0.2, 0.25) is 0 Å². The number of hydrogen-bond acceptors (Lipinski definition) is 4. The maximum atomic E-state index is 12.9. The van der Waals surface area contributed by atoms with Crippen molar-refractivity contribution in [1.29, 1.82) is 0 Å². The van der Waals surface area contributed by atoms with Crippen LogP contribution < -0.4 is 0 Å². The zero-order valence-corrected chi connectivity index (χ0v) is 12.5. The molecule has 0 unspecified atom stereocenters. The van der Waals surface area contributed by atoms with E-state index in [1.807, 2.05) is 0 Å². The van der Waals surface area contributed by atoms with Crippen molar-refractivity contribution in [3.05, 3.63) is 38.9 Å². The molecule has 1 aliphatic heterocycles. The second kappa shape index (κ2) is 6.27. The van der Waals surface area contributed by atoms with E-state index in [9.17, 15) is 32.9 Å². The van der Waals surface area contributed by atoms with Gasteiger partial charge in [-0.25, -0.2) is 0 Å². The Kier molecular flexibility index (Phi) is 4.70. The summed E-state index contributed by atoms with van der Waals surface area (Å²) in [5.74, 6) is -6.78. The number of nitro benzene ring substituents is 1. The lowest BCUT2D eigenvalue weighted by Gasteiger charge is -2.18. The van der Waals surface area contributed by atoms with Crippen LogP contribution in [0.4, 0.5) is 18.9 Å². The highest BCUT2D eigenvalue weighted by Crippen LogP contribution is 2.38. The van der Waals surface area contributed by atoms with Crippen molar-refractivity contribution >= 4 is 29.2 Å². The van der Waals surface area contributed by atoms with Crippen LogP contribution in [-0.4, -0.2) is 46.1 Å². The number of hydrogen-bond donors (Lipinski definition) is 1. The number of nitrogens with zero attached hydrogens (tertiary/aromatic N) is 2.